The Balaban J connectivity index is 1.40. The van der Waals surface area contributed by atoms with E-state index >= 15 is 0 Å². The third-order valence-corrected chi connectivity index (χ3v) is 6.77. The number of halogens is 1. The molecule has 0 amide bonds. The molecule has 2 fully saturated rings. The highest BCUT2D eigenvalue weighted by Crippen LogP contribution is 2.42. The standard InChI is InChI=1S/C22H32ClNO2/c1-2-3-4-16-5-7-17(8-6-16)18-9-11-19(12-10-18)22(25)26-20-13-14-21(23)24-15-20/h13-19H,2-12H2,1H3. The Morgan fingerprint density at radius 1 is 1.08 bits per heavy atom. The van der Waals surface area contributed by atoms with Crippen LogP contribution >= 0.6 is 11.6 Å². The van der Waals surface area contributed by atoms with Crippen LogP contribution in [0.15, 0.2) is 18.3 Å². The van der Waals surface area contributed by atoms with E-state index < -0.39 is 0 Å². The van der Waals surface area contributed by atoms with Crippen LogP contribution in [0.5, 0.6) is 5.75 Å². The number of ether oxygens (including phenoxy) is 1. The number of hydrogen-bond acceptors (Lipinski definition) is 3. The number of aromatic nitrogens is 1. The van der Waals surface area contributed by atoms with Gasteiger partial charge in [0.25, 0.3) is 0 Å². The molecule has 1 heterocycles. The third-order valence-electron chi connectivity index (χ3n) is 6.55. The molecular formula is C22H32ClNO2. The van der Waals surface area contributed by atoms with Gasteiger partial charge in [-0.2, -0.15) is 0 Å². The quantitative estimate of drug-likeness (QED) is 0.422. The van der Waals surface area contributed by atoms with Gasteiger partial charge in [-0.25, -0.2) is 4.98 Å². The first-order chi connectivity index (χ1) is 12.7. The van der Waals surface area contributed by atoms with Gasteiger partial charge in [-0.15, -0.1) is 0 Å². The molecule has 0 saturated heterocycles. The zero-order valence-corrected chi connectivity index (χ0v) is 16.7. The maximum atomic E-state index is 12.4. The highest BCUT2D eigenvalue weighted by atomic mass is 35.5. The van der Waals surface area contributed by atoms with Gasteiger partial charge in [0, 0.05) is 0 Å². The summed E-state index contributed by atoms with van der Waals surface area (Å²) in [6.07, 6.45) is 15.6. The van der Waals surface area contributed by atoms with Gasteiger partial charge in [-0.3, -0.25) is 4.79 Å². The Labute approximate surface area is 162 Å². The van der Waals surface area contributed by atoms with Crippen molar-refractivity contribution >= 4 is 17.6 Å². The normalized spacial score (nSPS) is 29.3. The maximum Gasteiger partial charge on any atom is 0.314 e. The van der Waals surface area contributed by atoms with Crippen molar-refractivity contribution in [3.63, 3.8) is 0 Å². The zero-order valence-electron chi connectivity index (χ0n) is 16.0. The van der Waals surface area contributed by atoms with E-state index in [9.17, 15) is 4.79 Å². The van der Waals surface area contributed by atoms with Gasteiger partial charge in [-0.1, -0.05) is 50.6 Å². The van der Waals surface area contributed by atoms with Crippen LogP contribution in [0.2, 0.25) is 5.15 Å². The monoisotopic (exact) mass is 377 g/mol. The first kappa shape index (κ1) is 19.7. The molecule has 0 aliphatic heterocycles. The fourth-order valence-corrected chi connectivity index (χ4v) is 5.00. The van der Waals surface area contributed by atoms with Gasteiger partial charge in [0.2, 0.25) is 0 Å². The van der Waals surface area contributed by atoms with Crippen LogP contribution in [0.3, 0.4) is 0 Å². The van der Waals surface area contributed by atoms with Crippen molar-refractivity contribution in [2.45, 2.75) is 77.6 Å². The van der Waals surface area contributed by atoms with Crippen molar-refractivity contribution in [3.05, 3.63) is 23.5 Å². The summed E-state index contributed by atoms with van der Waals surface area (Å²) >= 11 is 5.77. The Bertz CT molecular complexity index is 558. The van der Waals surface area contributed by atoms with E-state index in [0.717, 1.165) is 30.6 Å². The van der Waals surface area contributed by atoms with E-state index in [1.807, 2.05) is 0 Å². The lowest BCUT2D eigenvalue weighted by molar-refractivity contribution is -0.140. The number of hydrogen-bond donors (Lipinski definition) is 0. The molecule has 1 aromatic rings. The van der Waals surface area contributed by atoms with Gasteiger partial charge < -0.3 is 4.74 Å². The molecule has 4 heteroatoms. The van der Waals surface area contributed by atoms with Crippen LogP contribution in [-0.4, -0.2) is 11.0 Å². The summed E-state index contributed by atoms with van der Waals surface area (Å²) in [6.45, 7) is 2.29. The van der Waals surface area contributed by atoms with Crippen LogP contribution in [0.25, 0.3) is 0 Å². The van der Waals surface area contributed by atoms with Gasteiger partial charge in [0.15, 0.2) is 0 Å². The molecule has 26 heavy (non-hydrogen) atoms. The third kappa shape index (κ3) is 5.45. The van der Waals surface area contributed by atoms with Crippen LogP contribution in [0.4, 0.5) is 0 Å². The highest BCUT2D eigenvalue weighted by Gasteiger charge is 2.33. The van der Waals surface area contributed by atoms with E-state index in [1.165, 1.54) is 64.0 Å². The van der Waals surface area contributed by atoms with Gasteiger partial charge in [-0.05, 0) is 68.4 Å². The second-order valence-corrected chi connectivity index (χ2v) is 8.66. The minimum absolute atomic E-state index is 0.0443. The molecular weight excluding hydrogens is 346 g/mol. The first-order valence-corrected chi connectivity index (χ1v) is 10.9. The molecule has 3 nitrogen and oxygen atoms in total. The lowest BCUT2D eigenvalue weighted by Gasteiger charge is -2.37. The maximum absolute atomic E-state index is 12.4. The number of esters is 1. The zero-order chi connectivity index (χ0) is 18.4. The number of unbranched alkanes of at least 4 members (excludes halogenated alkanes) is 1. The summed E-state index contributed by atoms with van der Waals surface area (Å²) in [7, 11) is 0. The van der Waals surface area contributed by atoms with Crippen LogP contribution in [0, 0.1) is 23.7 Å². The molecule has 3 rings (SSSR count). The molecule has 2 aliphatic rings. The lowest BCUT2D eigenvalue weighted by atomic mass is 9.68. The topological polar surface area (TPSA) is 39.2 Å². The predicted molar refractivity (Wildman–Crippen MR) is 105 cm³/mol. The molecule has 0 aromatic carbocycles. The van der Waals surface area contributed by atoms with Gasteiger partial charge in [0.1, 0.15) is 10.9 Å². The smallest absolute Gasteiger partial charge is 0.314 e. The van der Waals surface area contributed by atoms with Gasteiger partial charge >= 0.3 is 5.97 Å². The van der Waals surface area contributed by atoms with Crippen LogP contribution in [-0.2, 0) is 4.79 Å². The molecule has 2 saturated carbocycles. The van der Waals surface area contributed by atoms with Crippen molar-refractivity contribution in [3.8, 4) is 5.75 Å². The van der Waals surface area contributed by atoms with Crippen molar-refractivity contribution in [1.29, 1.82) is 0 Å². The molecule has 0 atom stereocenters. The van der Waals surface area contributed by atoms with E-state index in [4.69, 9.17) is 16.3 Å². The highest BCUT2D eigenvalue weighted by molar-refractivity contribution is 6.29. The van der Waals surface area contributed by atoms with Crippen molar-refractivity contribution < 1.29 is 9.53 Å². The molecule has 2 aliphatic carbocycles. The number of pyridine rings is 1. The minimum atomic E-state index is -0.101. The second kappa shape index (κ2) is 9.73. The number of carbonyl (C=O) groups excluding carboxylic acids is 1. The fraction of sp³-hybridized carbons (Fsp3) is 0.727. The Kier molecular flexibility index (Phi) is 7.36. The molecule has 1 aromatic heterocycles. The summed E-state index contributed by atoms with van der Waals surface area (Å²) in [5.74, 6) is 3.13. The number of nitrogens with zero attached hydrogens (tertiary/aromatic N) is 1. The molecule has 0 radical (unpaired) electrons. The van der Waals surface area contributed by atoms with Crippen molar-refractivity contribution in [2.75, 3.05) is 0 Å². The van der Waals surface area contributed by atoms with Crippen molar-refractivity contribution in [1.82, 2.24) is 4.98 Å². The summed E-state index contributed by atoms with van der Waals surface area (Å²) in [5.41, 5.74) is 0. The number of rotatable bonds is 6. The Morgan fingerprint density at radius 3 is 2.31 bits per heavy atom. The fourth-order valence-electron chi connectivity index (χ4n) is 4.89. The summed E-state index contributed by atoms with van der Waals surface area (Å²) < 4.78 is 5.48. The van der Waals surface area contributed by atoms with Crippen molar-refractivity contribution in [2.24, 2.45) is 23.7 Å². The average molecular weight is 378 g/mol. The molecule has 0 unspecified atom stereocenters. The van der Waals surface area contributed by atoms with Gasteiger partial charge in [0.05, 0.1) is 12.1 Å². The lowest BCUT2D eigenvalue weighted by Crippen LogP contribution is -2.30. The summed E-state index contributed by atoms with van der Waals surface area (Å²) in [4.78, 5) is 16.4. The minimum Gasteiger partial charge on any atom is -0.425 e. The Hall–Kier alpha value is -1.09. The molecule has 0 N–H and O–H groups in total. The Morgan fingerprint density at radius 2 is 1.73 bits per heavy atom. The first-order valence-electron chi connectivity index (χ1n) is 10.5. The van der Waals surface area contributed by atoms with E-state index in [1.54, 1.807) is 12.1 Å². The van der Waals surface area contributed by atoms with E-state index in [2.05, 4.69) is 11.9 Å². The molecule has 0 bridgehead atoms. The van der Waals surface area contributed by atoms with Crippen LogP contribution < -0.4 is 4.74 Å². The molecule has 144 valence electrons. The predicted octanol–water partition coefficient (Wildman–Crippen LogP) is 6.44. The average Bonchev–Trinajstić information content (AvgIpc) is 2.68. The summed E-state index contributed by atoms with van der Waals surface area (Å²) in [6, 6.07) is 3.35. The van der Waals surface area contributed by atoms with Crippen LogP contribution in [0.1, 0.15) is 77.6 Å². The SMILES string of the molecule is CCCCC1CCC(C2CCC(C(=O)Oc3ccc(Cl)nc3)CC2)CC1. The number of carbonyl (C=O) groups is 1. The molecule has 0 spiro atoms. The second-order valence-electron chi connectivity index (χ2n) is 8.27. The summed E-state index contributed by atoms with van der Waals surface area (Å²) in [5, 5.41) is 0.412. The van der Waals surface area contributed by atoms with E-state index in [-0.39, 0.29) is 11.9 Å². The van der Waals surface area contributed by atoms with E-state index in [0.29, 0.717) is 10.9 Å². The largest absolute Gasteiger partial charge is 0.425 e.